The summed E-state index contributed by atoms with van der Waals surface area (Å²) < 4.78 is 2.04. The van der Waals surface area contributed by atoms with Crippen molar-refractivity contribution in [3.63, 3.8) is 0 Å². The Morgan fingerprint density at radius 3 is 2.71 bits per heavy atom. The summed E-state index contributed by atoms with van der Waals surface area (Å²) in [5, 5.41) is 3.00. The van der Waals surface area contributed by atoms with E-state index in [2.05, 4.69) is 48.5 Å². The van der Waals surface area contributed by atoms with Crippen LogP contribution in [0.15, 0.2) is 48.7 Å². The number of imidazole rings is 1. The summed E-state index contributed by atoms with van der Waals surface area (Å²) in [5.41, 5.74) is 3.85. The second-order valence-electron chi connectivity index (χ2n) is 8.99. The number of benzene rings is 1. The zero-order valence-electron chi connectivity index (χ0n) is 20.3. The molecule has 0 atom stereocenters. The third-order valence-electron chi connectivity index (χ3n) is 6.48. The number of fused-ring (bicyclic) bond motifs is 1. The Labute approximate surface area is 201 Å². The van der Waals surface area contributed by atoms with Crippen LogP contribution in [0.4, 0.5) is 5.82 Å². The number of nitrogens with one attached hydrogen (secondary N) is 1. The number of amides is 2. The summed E-state index contributed by atoms with van der Waals surface area (Å²) in [6, 6.07) is 14.3. The van der Waals surface area contributed by atoms with Crippen LogP contribution in [0.1, 0.15) is 54.2 Å². The van der Waals surface area contributed by atoms with Gasteiger partial charge in [0.1, 0.15) is 11.5 Å². The number of anilines is 1. The average molecular weight is 462 g/mol. The van der Waals surface area contributed by atoms with Gasteiger partial charge in [0.15, 0.2) is 0 Å². The molecule has 7 heteroatoms. The largest absolute Gasteiger partial charge is 0.359 e. The number of aryl methyl sites for hydroxylation is 2. The second kappa shape index (κ2) is 11.2. The van der Waals surface area contributed by atoms with Crippen molar-refractivity contribution in [3.8, 4) is 0 Å². The van der Waals surface area contributed by atoms with Gasteiger partial charge in [-0.1, -0.05) is 37.3 Å². The van der Waals surface area contributed by atoms with Gasteiger partial charge in [-0.15, -0.1) is 0 Å². The van der Waals surface area contributed by atoms with E-state index < -0.39 is 0 Å². The lowest BCUT2D eigenvalue weighted by molar-refractivity contribution is -0.127. The average Bonchev–Trinajstić information content (AvgIpc) is 3.44. The Balaban J connectivity index is 1.39. The predicted octanol–water partition coefficient (Wildman–Crippen LogP) is 3.71. The first kappa shape index (κ1) is 23.8. The molecule has 1 fully saturated rings. The minimum Gasteiger partial charge on any atom is -0.359 e. The van der Waals surface area contributed by atoms with Gasteiger partial charge in [-0.05, 0) is 49.8 Å². The van der Waals surface area contributed by atoms with Gasteiger partial charge in [0.05, 0.1) is 11.3 Å². The number of pyridine rings is 1. The van der Waals surface area contributed by atoms with Crippen LogP contribution < -0.4 is 10.2 Å². The molecule has 1 aliphatic rings. The number of carbonyl (C=O) groups is 2. The standard InChI is InChI=1S/C27H35N5O2/c1-3-23-27(30(2)17-7-12-21-10-5-4-6-11-21)32-20-22(14-15-24(32)29-23)26(34)28-16-9-19-31-18-8-13-25(31)33/h4-6,10-11,14-15,20H,3,7-9,12-13,16-19H2,1-2H3,(H,28,34). The van der Waals surface area contributed by atoms with Crippen LogP contribution in [-0.2, 0) is 17.6 Å². The van der Waals surface area contributed by atoms with E-state index in [0.717, 1.165) is 62.4 Å². The molecule has 2 aromatic heterocycles. The molecule has 3 aromatic rings. The summed E-state index contributed by atoms with van der Waals surface area (Å²) >= 11 is 0. The number of likely N-dealkylation sites (tertiary alicyclic amines) is 1. The fraction of sp³-hybridized carbons (Fsp3) is 0.444. The zero-order valence-corrected chi connectivity index (χ0v) is 20.3. The minimum atomic E-state index is -0.0981. The molecule has 1 N–H and O–H groups in total. The Morgan fingerprint density at radius 2 is 1.97 bits per heavy atom. The Bertz CT molecular complexity index is 1120. The van der Waals surface area contributed by atoms with Gasteiger partial charge in [0, 0.05) is 45.8 Å². The van der Waals surface area contributed by atoms with Crippen LogP contribution >= 0.6 is 0 Å². The molecule has 4 rings (SSSR count). The van der Waals surface area contributed by atoms with E-state index in [0.29, 0.717) is 25.1 Å². The van der Waals surface area contributed by atoms with Crippen molar-refractivity contribution in [1.29, 1.82) is 0 Å². The molecule has 0 saturated carbocycles. The summed E-state index contributed by atoms with van der Waals surface area (Å²) in [6.07, 6.45) is 7.15. The molecular weight excluding hydrogens is 426 g/mol. The monoisotopic (exact) mass is 461 g/mol. The predicted molar refractivity (Wildman–Crippen MR) is 135 cm³/mol. The van der Waals surface area contributed by atoms with Gasteiger partial charge in [-0.3, -0.25) is 14.0 Å². The van der Waals surface area contributed by atoms with Gasteiger partial charge < -0.3 is 15.1 Å². The van der Waals surface area contributed by atoms with E-state index in [1.165, 1.54) is 5.56 Å². The number of aromatic nitrogens is 2. The fourth-order valence-electron chi connectivity index (χ4n) is 4.64. The highest BCUT2D eigenvalue weighted by Gasteiger charge is 2.19. The van der Waals surface area contributed by atoms with Crippen LogP contribution in [0.2, 0.25) is 0 Å². The maximum atomic E-state index is 12.8. The molecule has 0 unspecified atom stereocenters. The number of hydrogen-bond donors (Lipinski definition) is 1. The highest BCUT2D eigenvalue weighted by molar-refractivity contribution is 5.94. The fourth-order valence-corrected chi connectivity index (χ4v) is 4.64. The van der Waals surface area contributed by atoms with Crippen molar-refractivity contribution in [2.24, 2.45) is 0 Å². The van der Waals surface area contributed by atoms with Crippen molar-refractivity contribution in [3.05, 3.63) is 65.5 Å². The molecule has 0 aliphatic carbocycles. The van der Waals surface area contributed by atoms with Crippen molar-refractivity contribution >= 4 is 23.3 Å². The Hall–Kier alpha value is -3.35. The third-order valence-corrected chi connectivity index (χ3v) is 6.48. The Morgan fingerprint density at radius 1 is 1.15 bits per heavy atom. The van der Waals surface area contributed by atoms with E-state index in [4.69, 9.17) is 4.98 Å². The maximum Gasteiger partial charge on any atom is 0.252 e. The summed E-state index contributed by atoms with van der Waals surface area (Å²) in [5.74, 6) is 1.18. The molecule has 1 saturated heterocycles. The second-order valence-corrected chi connectivity index (χ2v) is 8.99. The summed E-state index contributed by atoms with van der Waals surface area (Å²) in [4.78, 5) is 33.5. The minimum absolute atomic E-state index is 0.0981. The molecule has 0 spiro atoms. The van der Waals surface area contributed by atoms with Crippen molar-refractivity contribution < 1.29 is 9.59 Å². The van der Waals surface area contributed by atoms with Crippen LogP contribution in [0.5, 0.6) is 0 Å². The lowest BCUT2D eigenvalue weighted by Gasteiger charge is -2.20. The van der Waals surface area contributed by atoms with Crippen LogP contribution in [-0.4, -0.2) is 59.3 Å². The maximum absolute atomic E-state index is 12.8. The number of hydrogen-bond acceptors (Lipinski definition) is 4. The first-order valence-electron chi connectivity index (χ1n) is 12.4. The highest BCUT2D eigenvalue weighted by Crippen LogP contribution is 2.23. The van der Waals surface area contributed by atoms with Gasteiger partial charge in [-0.25, -0.2) is 4.98 Å². The van der Waals surface area contributed by atoms with E-state index in [9.17, 15) is 9.59 Å². The SMILES string of the molecule is CCc1nc2ccc(C(=O)NCCCN3CCCC3=O)cn2c1N(C)CCCc1ccccc1. The molecule has 180 valence electrons. The first-order chi connectivity index (χ1) is 16.6. The number of nitrogens with zero attached hydrogens (tertiary/aromatic N) is 4. The Kier molecular flexibility index (Phi) is 7.83. The van der Waals surface area contributed by atoms with Gasteiger partial charge in [0.2, 0.25) is 5.91 Å². The highest BCUT2D eigenvalue weighted by atomic mass is 16.2. The number of carbonyl (C=O) groups excluding carboxylic acids is 2. The molecule has 34 heavy (non-hydrogen) atoms. The molecule has 1 aromatic carbocycles. The van der Waals surface area contributed by atoms with Gasteiger partial charge >= 0.3 is 0 Å². The number of rotatable bonds is 11. The van der Waals surface area contributed by atoms with E-state index in [1.54, 1.807) is 0 Å². The van der Waals surface area contributed by atoms with Crippen LogP contribution in [0, 0.1) is 0 Å². The van der Waals surface area contributed by atoms with Crippen LogP contribution in [0.25, 0.3) is 5.65 Å². The molecule has 7 nitrogen and oxygen atoms in total. The van der Waals surface area contributed by atoms with Crippen LogP contribution in [0.3, 0.4) is 0 Å². The molecule has 3 heterocycles. The normalized spacial score (nSPS) is 13.6. The van der Waals surface area contributed by atoms with Crippen molar-refractivity contribution in [1.82, 2.24) is 19.6 Å². The quantitative estimate of drug-likeness (QED) is 0.442. The van der Waals surface area contributed by atoms with E-state index in [1.807, 2.05) is 33.7 Å². The lowest BCUT2D eigenvalue weighted by atomic mass is 10.1. The van der Waals surface area contributed by atoms with Gasteiger partial charge in [0.25, 0.3) is 5.91 Å². The molecule has 2 amide bonds. The summed E-state index contributed by atoms with van der Waals surface area (Å²) in [7, 11) is 2.10. The topological polar surface area (TPSA) is 70.0 Å². The van der Waals surface area contributed by atoms with Crippen molar-refractivity contribution in [2.75, 3.05) is 38.1 Å². The first-order valence-corrected chi connectivity index (χ1v) is 12.4. The molecule has 1 aliphatic heterocycles. The third kappa shape index (κ3) is 5.58. The molecular formula is C27H35N5O2. The zero-order chi connectivity index (χ0) is 23.9. The molecule has 0 radical (unpaired) electrons. The summed E-state index contributed by atoms with van der Waals surface area (Å²) in [6.45, 7) is 5.11. The van der Waals surface area contributed by atoms with E-state index in [-0.39, 0.29) is 11.8 Å². The van der Waals surface area contributed by atoms with Gasteiger partial charge in [-0.2, -0.15) is 0 Å². The molecule has 0 bridgehead atoms. The smallest absolute Gasteiger partial charge is 0.252 e. The van der Waals surface area contributed by atoms with E-state index >= 15 is 0 Å². The van der Waals surface area contributed by atoms with Crippen molar-refractivity contribution in [2.45, 2.75) is 45.4 Å². The lowest BCUT2D eigenvalue weighted by Crippen LogP contribution is -2.30.